The Bertz CT molecular complexity index is 588. The van der Waals surface area contributed by atoms with E-state index in [2.05, 4.69) is 11.6 Å². The molecule has 5 nitrogen and oxygen atoms in total. The molecule has 1 saturated heterocycles. The molecule has 0 radical (unpaired) electrons. The number of rotatable bonds is 5. The van der Waals surface area contributed by atoms with E-state index in [1.54, 1.807) is 7.11 Å². The van der Waals surface area contributed by atoms with E-state index in [1.807, 2.05) is 18.2 Å². The van der Waals surface area contributed by atoms with Crippen LogP contribution in [0.4, 0.5) is 0 Å². The molecule has 0 aromatic heterocycles. The summed E-state index contributed by atoms with van der Waals surface area (Å²) in [4.78, 5) is 5.73. The summed E-state index contributed by atoms with van der Waals surface area (Å²) in [6, 6.07) is 5.97. The summed E-state index contributed by atoms with van der Waals surface area (Å²) in [5.41, 5.74) is 4.72. The molecule has 22 heavy (non-hydrogen) atoms. The maximum atomic E-state index is 5.92. The molecule has 1 aromatic rings. The third-order valence-electron chi connectivity index (χ3n) is 4.43. The summed E-state index contributed by atoms with van der Waals surface area (Å²) in [5, 5.41) is 0. The fourth-order valence-electron chi connectivity index (χ4n) is 2.83. The van der Waals surface area contributed by atoms with Gasteiger partial charge in [0, 0.05) is 18.6 Å². The van der Waals surface area contributed by atoms with Gasteiger partial charge >= 0.3 is 0 Å². The summed E-state index contributed by atoms with van der Waals surface area (Å²) in [6.07, 6.45) is 5.54. The second kappa shape index (κ2) is 5.48. The van der Waals surface area contributed by atoms with E-state index in [0.717, 1.165) is 42.4 Å². The van der Waals surface area contributed by atoms with Crippen molar-refractivity contribution in [3.8, 4) is 11.5 Å². The van der Waals surface area contributed by atoms with E-state index >= 15 is 0 Å². The number of ether oxygens (including phenoxy) is 3. The molecule has 5 heteroatoms. The lowest BCUT2D eigenvalue weighted by Gasteiger charge is -2.15. The van der Waals surface area contributed by atoms with Crippen LogP contribution in [0.15, 0.2) is 24.3 Å². The molecule has 4 rings (SSSR count). The largest absolute Gasteiger partial charge is 0.493 e. The van der Waals surface area contributed by atoms with Gasteiger partial charge in [-0.05, 0) is 43.0 Å². The van der Waals surface area contributed by atoms with Gasteiger partial charge in [-0.2, -0.15) is 0 Å². The third-order valence-corrected chi connectivity index (χ3v) is 4.43. The zero-order chi connectivity index (χ0) is 15.0. The molecule has 1 aromatic carbocycles. The van der Waals surface area contributed by atoms with E-state index in [9.17, 15) is 0 Å². The Morgan fingerprint density at radius 2 is 2.23 bits per heavy atom. The molecular formula is C17H21NO4. The van der Waals surface area contributed by atoms with Crippen molar-refractivity contribution < 1.29 is 19.0 Å². The minimum absolute atomic E-state index is 0.315. The first-order valence-corrected chi connectivity index (χ1v) is 7.84. The highest BCUT2D eigenvalue weighted by molar-refractivity contribution is 5.68. The van der Waals surface area contributed by atoms with Crippen molar-refractivity contribution in [1.29, 1.82) is 0 Å². The summed E-state index contributed by atoms with van der Waals surface area (Å²) in [5.74, 6) is 2.26. The molecule has 2 heterocycles. The number of benzene rings is 1. The maximum Gasteiger partial charge on any atom is 0.161 e. The minimum atomic E-state index is -0.315. The molecule has 1 aliphatic carbocycles. The molecule has 1 spiro atoms. The topological polar surface area (TPSA) is 49.0 Å². The van der Waals surface area contributed by atoms with Crippen LogP contribution in [0, 0.1) is 5.92 Å². The SMILES string of the molecule is COc1ccc(C2=CC3(CCOC3)ON2)cc1OCC1CC1. The van der Waals surface area contributed by atoms with Crippen LogP contribution in [0.1, 0.15) is 24.8 Å². The Morgan fingerprint density at radius 3 is 2.95 bits per heavy atom. The number of nitrogens with one attached hydrogen (secondary N) is 1. The van der Waals surface area contributed by atoms with Crippen LogP contribution in [0.5, 0.6) is 11.5 Å². The Hall–Kier alpha value is -1.72. The molecule has 1 N–H and O–H groups in total. The van der Waals surface area contributed by atoms with Crippen molar-refractivity contribution in [1.82, 2.24) is 5.48 Å². The van der Waals surface area contributed by atoms with Crippen molar-refractivity contribution in [3.63, 3.8) is 0 Å². The Labute approximate surface area is 130 Å². The molecule has 0 bridgehead atoms. The highest BCUT2D eigenvalue weighted by Crippen LogP contribution is 2.37. The molecule has 1 saturated carbocycles. The fraction of sp³-hybridized carbons (Fsp3) is 0.529. The van der Waals surface area contributed by atoms with Gasteiger partial charge in [-0.15, -0.1) is 0 Å². The minimum Gasteiger partial charge on any atom is -0.493 e. The van der Waals surface area contributed by atoms with Gasteiger partial charge in [-0.1, -0.05) is 0 Å². The number of methoxy groups -OCH3 is 1. The number of hydrogen-bond donors (Lipinski definition) is 1. The van der Waals surface area contributed by atoms with Crippen molar-refractivity contribution in [2.75, 3.05) is 26.9 Å². The Kier molecular flexibility index (Phi) is 3.47. The lowest BCUT2D eigenvalue weighted by atomic mass is 10.0. The zero-order valence-corrected chi connectivity index (χ0v) is 12.8. The van der Waals surface area contributed by atoms with Crippen LogP contribution in [0.3, 0.4) is 0 Å². The average Bonchev–Trinajstić information content (AvgIpc) is 3.12. The number of hydrogen-bond acceptors (Lipinski definition) is 5. The molecule has 1 atom stereocenters. The predicted octanol–water partition coefficient (Wildman–Crippen LogP) is 2.52. The molecule has 0 amide bonds. The first-order valence-electron chi connectivity index (χ1n) is 7.84. The molecule has 3 aliphatic rings. The maximum absolute atomic E-state index is 5.92. The fourth-order valence-corrected chi connectivity index (χ4v) is 2.83. The van der Waals surface area contributed by atoms with Crippen LogP contribution < -0.4 is 15.0 Å². The molecule has 2 aliphatic heterocycles. The van der Waals surface area contributed by atoms with Crippen LogP contribution in [-0.2, 0) is 9.57 Å². The van der Waals surface area contributed by atoms with Crippen LogP contribution in [0.25, 0.3) is 5.70 Å². The highest BCUT2D eigenvalue weighted by atomic mass is 16.7. The summed E-state index contributed by atoms with van der Waals surface area (Å²) in [7, 11) is 1.67. The molecule has 118 valence electrons. The highest BCUT2D eigenvalue weighted by Gasteiger charge is 2.39. The summed E-state index contributed by atoms with van der Waals surface area (Å²) >= 11 is 0. The van der Waals surface area contributed by atoms with Crippen LogP contribution in [-0.4, -0.2) is 32.5 Å². The monoisotopic (exact) mass is 303 g/mol. The van der Waals surface area contributed by atoms with Gasteiger partial charge < -0.3 is 14.2 Å². The van der Waals surface area contributed by atoms with Gasteiger partial charge in [-0.25, -0.2) is 0 Å². The standard InChI is InChI=1S/C17H21NO4/c1-19-15-5-4-13(8-16(15)21-10-12-2-3-12)14-9-17(22-18-14)6-7-20-11-17/h4-5,8-9,12,18H,2-3,6-7,10-11H2,1H3. The normalized spacial score (nSPS) is 26.9. The average molecular weight is 303 g/mol. The van der Waals surface area contributed by atoms with Gasteiger partial charge in [0.15, 0.2) is 11.5 Å². The van der Waals surface area contributed by atoms with E-state index < -0.39 is 0 Å². The zero-order valence-electron chi connectivity index (χ0n) is 12.8. The smallest absolute Gasteiger partial charge is 0.161 e. The van der Waals surface area contributed by atoms with Gasteiger partial charge in [0.2, 0.25) is 0 Å². The van der Waals surface area contributed by atoms with Gasteiger partial charge in [0.05, 0.1) is 26.0 Å². The first kappa shape index (κ1) is 13.9. The van der Waals surface area contributed by atoms with E-state index in [0.29, 0.717) is 12.5 Å². The van der Waals surface area contributed by atoms with Crippen LogP contribution in [0.2, 0.25) is 0 Å². The second-order valence-electron chi connectivity index (χ2n) is 6.25. The van der Waals surface area contributed by atoms with Crippen molar-refractivity contribution in [2.45, 2.75) is 24.9 Å². The molecule has 2 fully saturated rings. The summed E-state index contributed by atoms with van der Waals surface area (Å²) < 4.78 is 16.8. The van der Waals surface area contributed by atoms with Crippen LogP contribution >= 0.6 is 0 Å². The second-order valence-corrected chi connectivity index (χ2v) is 6.25. The van der Waals surface area contributed by atoms with Gasteiger partial charge in [-0.3, -0.25) is 10.3 Å². The quantitative estimate of drug-likeness (QED) is 0.906. The molecule has 1 unspecified atom stereocenters. The van der Waals surface area contributed by atoms with E-state index in [4.69, 9.17) is 19.0 Å². The lowest BCUT2D eigenvalue weighted by molar-refractivity contribution is -0.0373. The van der Waals surface area contributed by atoms with Crippen molar-refractivity contribution >= 4 is 5.70 Å². The van der Waals surface area contributed by atoms with Crippen molar-refractivity contribution in [2.24, 2.45) is 5.92 Å². The number of hydroxylamine groups is 1. The van der Waals surface area contributed by atoms with E-state index in [1.165, 1.54) is 12.8 Å². The Morgan fingerprint density at radius 1 is 1.32 bits per heavy atom. The third kappa shape index (κ3) is 2.66. The van der Waals surface area contributed by atoms with Crippen molar-refractivity contribution in [3.05, 3.63) is 29.8 Å². The van der Waals surface area contributed by atoms with E-state index in [-0.39, 0.29) is 5.60 Å². The summed E-state index contributed by atoms with van der Waals surface area (Å²) in [6.45, 7) is 2.11. The predicted molar refractivity (Wildman–Crippen MR) is 81.6 cm³/mol. The molecular weight excluding hydrogens is 282 g/mol. The lowest BCUT2D eigenvalue weighted by Crippen LogP contribution is -2.29. The van der Waals surface area contributed by atoms with Gasteiger partial charge in [0.25, 0.3) is 0 Å². The Balaban J connectivity index is 1.57. The van der Waals surface area contributed by atoms with Gasteiger partial charge in [0.1, 0.15) is 5.60 Å². The first-order chi connectivity index (χ1) is 10.8.